The lowest BCUT2D eigenvalue weighted by Gasteiger charge is -2.60. The van der Waals surface area contributed by atoms with E-state index >= 15 is 0 Å². The van der Waals surface area contributed by atoms with Crippen molar-refractivity contribution in [2.75, 3.05) is 0 Å². The number of amides is 1. The molecule has 0 radical (unpaired) electrons. The van der Waals surface area contributed by atoms with Gasteiger partial charge in [0, 0.05) is 6.04 Å². The maximum Gasteiger partial charge on any atom is 0.307 e. The number of nitrogens with one attached hydrogen (secondary N) is 1. The average molecular weight is 445 g/mol. The number of piperidine rings is 1. The Hall–Kier alpha value is -0.330. The van der Waals surface area contributed by atoms with Crippen molar-refractivity contribution in [2.24, 2.45) is 34.5 Å². The SMILES string of the molecule is C[C@]12CC(I)C(=O)NC1CC[C@@H]1[C@@H]2CC[C@]2(C)C(C(=O)O)CC[C@@H]12. The van der Waals surface area contributed by atoms with Crippen LogP contribution in [0.5, 0.6) is 0 Å². The van der Waals surface area contributed by atoms with Crippen molar-refractivity contribution in [3.05, 3.63) is 0 Å². The zero-order valence-electron chi connectivity index (χ0n) is 14.6. The number of fused-ring (bicyclic) bond motifs is 5. The van der Waals surface area contributed by atoms with Crippen LogP contribution in [0.2, 0.25) is 0 Å². The molecule has 0 bridgehead atoms. The highest BCUT2D eigenvalue weighted by Crippen LogP contribution is 2.65. The average Bonchev–Trinajstić information content (AvgIpc) is 2.86. The second kappa shape index (κ2) is 5.58. The minimum absolute atomic E-state index is 0.0160. The summed E-state index contributed by atoms with van der Waals surface area (Å²) in [6.07, 6.45) is 7.31. The fourth-order valence-electron chi connectivity index (χ4n) is 7.13. The summed E-state index contributed by atoms with van der Waals surface area (Å²) in [5.74, 6) is 1.31. The number of rotatable bonds is 1. The van der Waals surface area contributed by atoms with E-state index in [0.29, 0.717) is 23.8 Å². The standard InChI is InChI=1S/C19H28INO3/c1-18-8-7-12-10(11(18)4-5-13(18)17(23)24)3-6-15-19(12,2)9-14(20)16(22)21-15/h10-15H,3-9H2,1-2H3,(H,21,22)(H,23,24)/t10-,11-,12-,13?,14?,15?,18-,19+/m0/s1. The molecule has 1 heterocycles. The van der Waals surface area contributed by atoms with E-state index in [2.05, 4.69) is 41.8 Å². The number of carboxylic acids is 1. The number of aliphatic carboxylic acids is 1. The Morgan fingerprint density at radius 1 is 1.12 bits per heavy atom. The number of carboxylic acid groups (broad SMARTS) is 1. The quantitative estimate of drug-likeness (QED) is 0.479. The molecular formula is C19H28INO3. The summed E-state index contributed by atoms with van der Waals surface area (Å²) in [5.41, 5.74) is 0.170. The van der Waals surface area contributed by atoms with Crippen molar-refractivity contribution in [1.82, 2.24) is 5.32 Å². The number of alkyl halides is 1. The second-order valence-corrected chi connectivity index (χ2v) is 10.7. The van der Waals surface area contributed by atoms with Gasteiger partial charge in [0.05, 0.1) is 9.84 Å². The van der Waals surface area contributed by atoms with Crippen molar-refractivity contribution in [3.63, 3.8) is 0 Å². The highest BCUT2D eigenvalue weighted by Gasteiger charge is 2.62. The van der Waals surface area contributed by atoms with Gasteiger partial charge in [0.2, 0.25) is 5.91 Å². The van der Waals surface area contributed by atoms with Crippen LogP contribution in [0, 0.1) is 34.5 Å². The predicted octanol–water partition coefficient (Wildman–Crippen LogP) is 3.62. The second-order valence-electron chi connectivity index (χ2n) is 9.21. The molecule has 0 aromatic heterocycles. The molecule has 3 unspecified atom stereocenters. The van der Waals surface area contributed by atoms with Crippen molar-refractivity contribution in [2.45, 2.75) is 68.8 Å². The topological polar surface area (TPSA) is 66.4 Å². The zero-order chi connectivity index (χ0) is 17.3. The van der Waals surface area contributed by atoms with Gasteiger partial charge >= 0.3 is 5.97 Å². The molecular weight excluding hydrogens is 417 g/mol. The molecule has 3 saturated carbocycles. The van der Waals surface area contributed by atoms with Crippen molar-refractivity contribution >= 4 is 34.5 Å². The van der Waals surface area contributed by atoms with Gasteiger partial charge in [-0.2, -0.15) is 0 Å². The Kier molecular flexibility index (Phi) is 3.98. The zero-order valence-corrected chi connectivity index (χ0v) is 16.7. The minimum atomic E-state index is -0.587. The predicted molar refractivity (Wildman–Crippen MR) is 99.9 cm³/mol. The lowest BCUT2D eigenvalue weighted by atomic mass is 9.47. The summed E-state index contributed by atoms with van der Waals surface area (Å²) in [7, 11) is 0. The molecule has 0 aromatic carbocycles. The lowest BCUT2D eigenvalue weighted by molar-refractivity contribution is -0.152. The number of hydrogen-bond acceptors (Lipinski definition) is 2. The smallest absolute Gasteiger partial charge is 0.307 e. The molecule has 4 nitrogen and oxygen atoms in total. The van der Waals surface area contributed by atoms with E-state index in [-0.39, 0.29) is 26.6 Å². The number of hydrogen-bond donors (Lipinski definition) is 2. The van der Waals surface area contributed by atoms with Crippen LogP contribution in [-0.2, 0) is 9.59 Å². The Morgan fingerprint density at radius 2 is 1.83 bits per heavy atom. The lowest BCUT2D eigenvalue weighted by Crippen LogP contribution is -2.63. The van der Waals surface area contributed by atoms with Crippen LogP contribution in [-0.4, -0.2) is 26.9 Å². The van der Waals surface area contributed by atoms with Crippen LogP contribution < -0.4 is 5.32 Å². The van der Waals surface area contributed by atoms with Gasteiger partial charge in [-0.25, -0.2) is 0 Å². The van der Waals surface area contributed by atoms with E-state index < -0.39 is 5.97 Å². The molecule has 24 heavy (non-hydrogen) atoms. The van der Waals surface area contributed by atoms with Gasteiger partial charge in [0.1, 0.15) is 0 Å². The third-order valence-corrected chi connectivity index (χ3v) is 9.39. The minimum Gasteiger partial charge on any atom is -0.481 e. The molecule has 0 aromatic rings. The molecule has 1 saturated heterocycles. The number of carbonyl (C=O) groups excluding carboxylic acids is 1. The van der Waals surface area contributed by atoms with E-state index in [1.807, 2.05) is 0 Å². The van der Waals surface area contributed by atoms with E-state index in [4.69, 9.17) is 0 Å². The van der Waals surface area contributed by atoms with Crippen LogP contribution in [0.15, 0.2) is 0 Å². The van der Waals surface area contributed by atoms with Crippen LogP contribution in [0.4, 0.5) is 0 Å². The third-order valence-electron chi connectivity index (χ3n) is 8.39. The molecule has 8 atom stereocenters. The first-order chi connectivity index (χ1) is 11.3. The van der Waals surface area contributed by atoms with Crippen LogP contribution >= 0.6 is 22.6 Å². The van der Waals surface area contributed by atoms with E-state index in [1.54, 1.807) is 0 Å². The summed E-state index contributed by atoms with van der Waals surface area (Å²) in [6.45, 7) is 4.64. The Morgan fingerprint density at radius 3 is 2.54 bits per heavy atom. The number of halogens is 1. The first-order valence-corrected chi connectivity index (χ1v) is 10.7. The van der Waals surface area contributed by atoms with Gasteiger partial charge in [0.15, 0.2) is 0 Å². The summed E-state index contributed by atoms with van der Waals surface area (Å²) in [6, 6.07) is 0.318. The van der Waals surface area contributed by atoms with Gasteiger partial charge in [-0.05, 0) is 73.5 Å². The molecule has 134 valence electrons. The van der Waals surface area contributed by atoms with Crippen molar-refractivity contribution < 1.29 is 14.7 Å². The highest BCUT2D eigenvalue weighted by molar-refractivity contribution is 14.1. The normalized spacial score (nSPS) is 53.5. The molecule has 3 aliphatic carbocycles. The molecule has 4 fully saturated rings. The third kappa shape index (κ3) is 2.21. The molecule has 1 aliphatic heterocycles. The van der Waals surface area contributed by atoms with E-state index in [0.717, 1.165) is 44.9 Å². The molecule has 1 amide bonds. The van der Waals surface area contributed by atoms with Gasteiger partial charge in [-0.1, -0.05) is 36.4 Å². The molecule has 5 heteroatoms. The van der Waals surface area contributed by atoms with Crippen LogP contribution in [0.1, 0.15) is 58.8 Å². The number of carbonyl (C=O) groups is 2. The molecule has 2 N–H and O–H groups in total. The van der Waals surface area contributed by atoms with Crippen LogP contribution in [0.3, 0.4) is 0 Å². The largest absolute Gasteiger partial charge is 0.481 e. The first-order valence-electron chi connectivity index (χ1n) is 9.44. The summed E-state index contributed by atoms with van der Waals surface area (Å²) >= 11 is 2.30. The first kappa shape index (κ1) is 17.1. The highest BCUT2D eigenvalue weighted by atomic mass is 127. The molecule has 4 rings (SSSR count). The van der Waals surface area contributed by atoms with Gasteiger partial charge in [0.25, 0.3) is 0 Å². The van der Waals surface area contributed by atoms with Gasteiger partial charge in [-0.15, -0.1) is 0 Å². The Balaban J connectivity index is 1.64. The van der Waals surface area contributed by atoms with Gasteiger partial charge < -0.3 is 10.4 Å². The fourth-order valence-corrected chi connectivity index (χ4v) is 8.26. The van der Waals surface area contributed by atoms with Gasteiger partial charge in [-0.3, -0.25) is 9.59 Å². The summed E-state index contributed by atoms with van der Waals surface area (Å²) in [4.78, 5) is 23.9. The monoisotopic (exact) mass is 445 g/mol. The Bertz CT molecular complexity index is 581. The molecule has 0 spiro atoms. The maximum atomic E-state index is 12.1. The fraction of sp³-hybridized carbons (Fsp3) is 0.895. The van der Waals surface area contributed by atoms with Crippen molar-refractivity contribution in [1.29, 1.82) is 0 Å². The van der Waals surface area contributed by atoms with E-state index in [1.165, 1.54) is 0 Å². The maximum absolute atomic E-state index is 12.1. The Labute approximate surface area is 157 Å². The summed E-state index contributed by atoms with van der Waals surface area (Å²) < 4.78 is 0.0752. The van der Waals surface area contributed by atoms with Crippen LogP contribution in [0.25, 0.3) is 0 Å². The van der Waals surface area contributed by atoms with Crippen molar-refractivity contribution in [3.8, 4) is 0 Å². The van der Waals surface area contributed by atoms with E-state index in [9.17, 15) is 14.7 Å². The summed E-state index contributed by atoms with van der Waals surface area (Å²) in [5, 5.41) is 13.0. The molecule has 4 aliphatic rings.